The number of carbonyl (C=O) groups excluding carboxylic acids is 2. The molecule has 3 aromatic rings. The average molecular weight is 354 g/mol. The van der Waals surface area contributed by atoms with Gasteiger partial charge in [-0.25, -0.2) is 0 Å². The summed E-state index contributed by atoms with van der Waals surface area (Å²) in [7, 11) is 1.87. The van der Waals surface area contributed by atoms with E-state index in [-0.39, 0.29) is 17.6 Å². The molecule has 1 aromatic carbocycles. The maximum Gasteiger partial charge on any atom is 0.287 e. The fourth-order valence-electron chi connectivity index (χ4n) is 2.86. The summed E-state index contributed by atoms with van der Waals surface area (Å²) in [5.74, 6) is -0.560. The van der Waals surface area contributed by atoms with E-state index >= 15 is 0 Å². The number of nitrogens with one attached hydrogen (secondary N) is 2. The van der Waals surface area contributed by atoms with Crippen molar-refractivity contribution in [2.45, 2.75) is 26.4 Å². The van der Waals surface area contributed by atoms with Crippen molar-refractivity contribution in [3.63, 3.8) is 0 Å². The number of aryl methyl sites for hydroxylation is 1. The lowest BCUT2D eigenvalue weighted by Gasteiger charge is -2.21. The van der Waals surface area contributed by atoms with Crippen LogP contribution >= 0.6 is 0 Å². The fraction of sp³-hybridized carbons (Fsp3) is 0.316. The molecular weight excluding hydrogens is 332 g/mol. The van der Waals surface area contributed by atoms with Crippen molar-refractivity contribution in [1.82, 2.24) is 20.4 Å². The summed E-state index contributed by atoms with van der Waals surface area (Å²) in [5.41, 5.74) is 1.79. The van der Waals surface area contributed by atoms with Gasteiger partial charge in [0.1, 0.15) is 6.04 Å². The van der Waals surface area contributed by atoms with E-state index in [0.29, 0.717) is 6.54 Å². The van der Waals surface area contributed by atoms with Crippen molar-refractivity contribution >= 4 is 22.7 Å². The first kappa shape index (κ1) is 17.7. The second-order valence-electron chi connectivity index (χ2n) is 6.48. The predicted octanol–water partition coefficient (Wildman–Crippen LogP) is 2.24. The van der Waals surface area contributed by atoms with Crippen LogP contribution in [-0.4, -0.2) is 27.6 Å². The number of hydrogen-bond acceptors (Lipinski definition) is 4. The first-order valence-corrected chi connectivity index (χ1v) is 8.50. The van der Waals surface area contributed by atoms with Gasteiger partial charge in [0.25, 0.3) is 5.91 Å². The zero-order valence-electron chi connectivity index (χ0n) is 15.0. The van der Waals surface area contributed by atoms with Gasteiger partial charge in [-0.2, -0.15) is 5.10 Å². The highest BCUT2D eigenvalue weighted by molar-refractivity contribution is 5.95. The first-order chi connectivity index (χ1) is 12.5. The Kier molecular flexibility index (Phi) is 5.06. The van der Waals surface area contributed by atoms with Crippen LogP contribution in [0.3, 0.4) is 0 Å². The molecule has 0 radical (unpaired) electrons. The first-order valence-electron chi connectivity index (χ1n) is 8.50. The lowest BCUT2D eigenvalue weighted by molar-refractivity contribution is -0.124. The monoisotopic (exact) mass is 354 g/mol. The van der Waals surface area contributed by atoms with Crippen LogP contribution in [0.5, 0.6) is 0 Å². The van der Waals surface area contributed by atoms with E-state index < -0.39 is 11.9 Å². The molecule has 0 saturated carbocycles. The molecule has 7 nitrogen and oxygen atoms in total. The number of hydrogen-bond donors (Lipinski definition) is 2. The van der Waals surface area contributed by atoms with Gasteiger partial charge in [0, 0.05) is 12.4 Å². The molecule has 3 rings (SSSR count). The van der Waals surface area contributed by atoms with Gasteiger partial charge in [0.2, 0.25) is 5.91 Å². The van der Waals surface area contributed by atoms with Gasteiger partial charge in [0.15, 0.2) is 5.76 Å². The molecule has 0 aliphatic carbocycles. The summed E-state index contributed by atoms with van der Waals surface area (Å²) in [4.78, 5) is 24.8. The minimum Gasteiger partial charge on any atom is -0.459 e. The van der Waals surface area contributed by atoms with Crippen LogP contribution in [0.15, 0.2) is 47.1 Å². The van der Waals surface area contributed by atoms with Crippen LogP contribution < -0.4 is 10.6 Å². The Hall–Kier alpha value is -3.09. The van der Waals surface area contributed by atoms with Crippen LogP contribution in [0.1, 0.15) is 30.1 Å². The van der Waals surface area contributed by atoms with Gasteiger partial charge in [-0.1, -0.05) is 32.0 Å². The lowest BCUT2D eigenvalue weighted by Crippen LogP contribution is -2.49. The Morgan fingerprint density at radius 2 is 1.96 bits per heavy atom. The van der Waals surface area contributed by atoms with Crippen molar-refractivity contribution in [2.75, 3.05) is 0 Å². The third-order valence-electron chi connectivity index (χ3n) is 4.25. The smallest absolute Gasteiger partial charge is 0.287 e. The largest absolute Gasteiger partial charge is 0.459 e. The molecule has 2 heterocycles. The molecule has 0 aliphatic heterocycles. The quantitative estimate of drug-likeness (QED) is 0.710. The molecule has 0 aliphatic rings. The Bertz CT molecular complexity index is 912. The summed E-state index contributed by atoms with van der Waals surface area (Å²) in [5, 5.41) is 11.1. The van der Waals surface area contributed by atoms with E-state index in [1.165, 1.54) is 6.26 Å². The number of carbonyl (C=O) groups is 2. The Labute approximate surface area is 151 Å². The highest BCUT2D eigenvalue weighted by Gasteiger charge is 2.25. The van der Waals surface area contributed by atoms with Crippen LogP contribution in [-0.2, 0) is 18.4 Å². The third kappa shape index (κ3) is 3.61. The van der Waals surface area contributed by atoms with Crippen LogP contribution in [0.4, 0.5) is 0 Å². The normalized spacial score (nSPS) is 12.3. The molecular formula is C19H22N4O3. The molecule has 26 heavy (non-hydrogen) atoms. The standard InChI is InChI=1S/C19H22N4O3/c1-12(2)17(21-18(24)16-9-6-10-26-16)19(25)20-11-14-13-7-4-5-8-15(13)23(3)22-14/h4-10,12,17H,11H2,1-3H3,(H,20,25)(H,21,24). The van der Waals surface area contributed by atoms with Crippen molar-refractivity contribution < 1.29 is 14.0 Å². The minimum atomic E-state index is -0.664. The van der Waals surface area contributed by atoms with E-state index in [2.05, 4.69) is 15.7 Å². The number of furan rings is 1. The molecule has 7 heteroatoms. The zero-order chi connectivity index (χ0) is 18.7. The lowest BCUT2D eigenvalue weighted by atomic mass is 10.0. The highest BCUT2D eigenvalue weighted by Crippen LogP contribution is 2.17. The number of rotatable bonds is 6. The summed E-state index contributed by atoms with van der Waals surface area (Å²) < 4.78 is 6.87. The molecule has 0 saturated heterocycles. The van der Waals surface area contributed by atoms with Crippen molar-refractivity contribution in [3.05, 3.63) is 54.1 Å². The molecule has 0 spiro atoms. The van der Waals surface area contributed by atoms with Crippen molar-refractivity contribution in [1.29, 1.82) is 0 Å². The van der Waals surface area contributed by atoms with Gasteiger partial charge in [-0.05, 0) is 24.1 Å². The van der Waals surface area contributed by atoms with Crippen LogP contribution in [0, 0.1) is 5.92 Å². The van der Waals surface area contributed by atoms with Crippen molar-refractivity contribution in [2.24, 2.45) is 13.0 Å². The Morgan fingerprint density at radius 1 is 1.19 bits per heavy atom. The third-order valence-corrected chi connectivity index (χ3v) is 4.25. The predicted molar refractivity (Wildman–Crippen MR) is 97.4 cm³/mol. The van der Waals surface area contributed by atoms with E-state index in [1.807, 2.05) is 45.2 Å². The zero-order valence-corrected chi connectivity index (χ0v) is 15.0. The topological polar surface area (TPSA) is 89.2 Å². The van der Waals surface area contributed by atoms with Gasteiger partial charge in [-0.15, -0.1) is 0 Å². The van der Waals surface area contributed by atoms with Crippen LogP contribution in [0.2, 0.25) is 0 Å². The summed E-state index contributed by atoms with van der Waals surface area (Å²) in [6, 6.07) is 10.4. The minimum absolute atomic E-state index is 0.0746. The molecule has 0 bridgehead atoms. The van der Waals surface area contributed by atoms with E-state index in [0.717, 1.165) is 16.6 Å². The van der Waals surface area contributed by atoms with Gasteiger partial charge >= 0.3 is 0 Å². The number of aromatic nitrogens is 2. The average Bonchev–Trinajstić information content (AvgIpc) is 3.26. The second kappa shape index (κ2) is 7.43. The molecule has 136 valence electrons. The number of para-hydroxylation sites is 1. The number of amides is 2. The molecule has 0 fully saturated rings. The number of benzene rings is 1. The van der Waals surface area contributed by atoms with E-state index in [9.17, 15) is 9.59 Å². The molecule has 2 aromatic heterocycles. The van der Waals surface area contributed by atoms with Gasteiger partial charge < -0.3 is 15.1 Å². The molecule has 1 unspecified atom stereocenters. The molecule has 2 N–H and O–H groups in total. The SMILES string of the molecule is CC(C)C(NC(=O)c1ccco1)C(=O)NCc1nn(C)c2ccccc12. The molecule has 1 atom stereocenters. The Morgan fingerprint density at radius 3 is 2.65 bits per heavy atom. The summed E-state index contributed by atoms with van der Waals surface area (Å²) >= 11 is 0. The van der Waals surface area contributed by atoms with Crippen LogP contribution in [0.25, 0.3) is 10.9 Å². The Balaban J connectivity index is 1.69. The number of nitrogens with zero attached hydrogens (tertiary/aromatic N) is 2. The van der Waals surface area contributed by atoms with Gasteiger partial charge in [0.05, 0.1) is 24.0 Å². The maximum atomic E-state index is 12.6. The van der Waals surface area contributed by atoms with Crippen molar-refractivity contribution in [3.8, 4) is 0 Å². The highest BCUT2D eigenvalue weighted by atomic mass is 16.3. The molecule has 2 amide bonds. The second-order valence-corrected chi connectivity index (χ2v) is 6.48. The van der Waals surface area contributed by atoms with Gasteiger partial charge in [-0.3, -0.25) is 14.3 Å². The maximum absolute atomic E-state index is 12.6. The summed E-state index contributed by atoms with van der Waals surface area (Å²) in [6.45, 7) is 4.05. The summed E-state index contributed by atoms with van der Waals surface area (Å²) in [6.07, 6.45) is 1.42. The fourth-order valence-corrected chi connectivity index (χ4v) is 2.86. The number of fused-ring (bicyclic) bond motifs is 1. The van der Waals surface area contributed by atoms with E-state index in [1.54, 1.807) is 16.8 Å². The van der Waals surface area contributed by atoms with E-state index in [4.69, 9.17) is 4.42 Å².